The number of carbonyl (C=O) groups is 1. The highest BCUT2D eigenvalue weighted by Crippen LogP contribution is 2.46. The third kappa shape index (κ3) is 3.76. The number of ether oxygens (including phenoxy) is 1. The summed E-state index contributed by atoms with van der Waals surface area (Å²) in [6, 6.07) is 0. The SMILES string of the molecule is CCC/C=C(\N)NC(=O)C1=C(C)C(C)([C@H]2C[C@@H](O)[C@@H](CO)O2)C(C)=C=N1. The number of aliphatic hydroxyl groups is 2. The molecule has 7 nitrogen and oxygen atoms in total. The molecule has 0 aromatic carbocycles. The fourth-order valence-electron chi connectivity index (χ4n) is 3.38. The molecule has 0 bridgehead atoms. The second kappa shape index (κ2) is 8.18. The molecule has 0 spiro atoms. The van der Waals surface area contributed by atoms with E-state index in [1.165, 1.54) is 0 Å². The largest absolute Gasteiger partial charge is 0.394 e. The number of carbonyl (C=O) groups excluding carboxylic acids is 1. The summed E-state index contributed by atoms with van der Waals surface area (Å²) >= 11 is 0. The molecule has 0 radical (unpaired) electrons. The summed E-state index contributed by atoms with van der Waals surface area (Å²) in [4.78, 5) is 16.8. The zero-order valence-electron chi connectivity index (χ0n) is 15.9. The van der Waals surface area contributed by atoms with Crippen LogP contribution in [0.25, 0.3) is 0 Å². The minimum atomic E-state index is -0.744. The number of nitrogens with two attached hydrogens (primary N) is 1. The Balaban J connectivity index is 2.31. The van der Waals surface area contributed by atoms with Crippen LogP contribution >= 0.6 is 0 Å². The van der Waals surface area contributed by atoms with Gasteiger partial charge in [0, 0.05) is 17.4 Å². The lowest BCUT2D eigenvalue weighted by molar-refractivity contribution is -0.117. The van der Waals surface area contributed by atoms with Crippen LogP contribution in [0.5, 0.6) is 0 Å². The van der Waals surface area contributed by atoms with E-state index >= 15 is 0 Å². The maximum atomic E-state index is 12.6. The number of nitrogens with one attached hydrogen (secondary N) is 1. The smallest absolute Gasteiger partial charge is 0.276 e. The van der Waals surface area contributed by atoms with Crippen LogP contribution in [0.3, 0.4) is 0 Å². The number of amides is 1. The zero-order chi connectivity index (χ0) is 19.5. The van der Waals surface area contributed by atoms with Gasteiger partial charge in [0.05, 0.1) is 24.6 Å². The van der Waals surface area contributed by atoms with Crippen LogP contribution in [-0.2, 0) is 9.53 Å². The average Bonchev–Trinajstić information content (AvgIpc) is 2.99. The van der Waals surface area contributed by atoms with Crippen LogP contribution < -0.4 is 11.1 Å². The highest BCUT2D eigenvalue weighted by molar-refractivity contribution is 5.97. The Morgan fingerprint density at radius 1 is 1.54 bits per heavy atom. The van der Waals surface area contributed by atoms with Gasteiger partial charge in [0.25, 0.3) is 5.91 Å². The van der Waals surface area contributed by atoms with Crippen molar-refractivity contribution in [2.24, 2.45) is 16.1 Å². The van der Waals surface area contributed by atoms with E-state index in [2.05, 4.69) is 16.2 Å². The molecule has 4 atom stereocenters. The van der Waals surface area contributed by atoms with Gasteiger partial charge in [-0.15, -0.1) is 0 Å². The molecule has 2 heterocycles. The van der Waals surface area contributed by atoms with Gasteiger partial charge >= 0.3 is 0 Å². The normalized spacial score (nSPS) is 32.0. The number of hydrogen-bond acceptors (Lipinski definition) is 6. The Kier molecular flexibility index (Phi) is 6.42. The van der Waals surface area contributed by atoms with Crippen LogP contribution in [-0.4, -0.2) is 46.9 Å². The number of allylic oxidation sites excluding steroid dienone is 1. The van der Waals surface area contributed by atoms with Crippen molar-refractivity contribution < 1.29 is 19.7 Å². The Bertz CT molecular complexity index is 691. The van der Waals surface area contributed by atoms with Crippen LogP contribution in [0.1, 0.15) is 47.0 Å². The highest BCUT2D eigenvalue weighted by Gasteiger charge is 2.48. The molecule has 2 aliphatic rings. The van der Waals surface area contributed by atoms with Gasteiger partial charge in [-0.2, -0.15) is 0 Å². The molecule has 0 aromatic rings. The molecule has 0 aromatic heterocycles. The van der Waals surface area contributed by atoms with Gasteiger partial charge in [-0.25, -0.2) is 4.99 Å². The number of nitrogens with zero attached hydrogens (tertiary/aromatic N) is 1. The molecule has 2 aliphatic heterocycles. The highest BCUT2D eigenvalue weighted by atomic mass is 16.5. The second-order valence-corrected chi connectivity index (χ2v) is 7.08. The molecule has 1 amide bonds. The minimum Gasteiger partial charge on any atom is -0.394 e. The van der Waals surface area contributed by atoms with E-state index in [1.54, 1.807) is 6.08 Å². The van der Waals surface area contributed by atoms with Gasteiger partial charge in [0.15, 0.2) is 0 Å². The van der Waals surface area contributed by atoms with Crippen molar-refractivity contribution in [1.29, 1.82) is 0 Å². The van der Waals surface area contributed by atoms with Crippen LogP contribution in [0, 0.1) is 5.41 Å². The van der Waals surface area contributed by atoms with Crippen molar-refractivity contribution in [1.82, 2.24) is 5.32 Å². The van der Waals surface area contributed by atoms with Gasteiger partial charge in [0.1, 0.15) is 11.8 Å². The van der Waals surface area contributed by atoms with Gasteiger partial charge in [-0.1, -0.05) is 13.3 Å². The Hall–Kier alpha value is -1.92. The van der Waals surface area contributed by atoms with Crippen LogP contribution in [0.2, 0.25) is 0 Å². The molecule has 2 rings (SSSR count). The molecule has 7 heteroatoms. The minimum absolute atomic E-state index is 0.247. The first-order valence-electron chi connectivity index (χ1n) is 8.99. The van der Waals surface area contributed by atoms with Gasteiger partial charge in [-0.3, -0.25) is 4.79 Å². The van der Waals surface area contributed by atoms with E-state index in [0.717, 1.165) is 24.0 Å². The van der Waals surface area contributed by atoms with E-state index in [-0.39, 0.29) is 18.4 Å². The third-order valence-corrected chi connectivity index (χ3v) is 5.42. The molecule has 0 aliphatic carbocycles. The summed E-state index contributed by atoms with van der Waals surface area (Å²) in [6.07, 6.45) is 2.10. The quantitative estimate of drug-likeness (QED) is 0.564. The zero-order valence-corrected chi connectivity index (χ0v) is 15.9. The van der Waals surface area contributed by atoms with Gasteiger partial charge < -0.3 is 26.0 Å². The summed E-state index contributed by atoms with van der Waals surface area (Å²) in [5, 5.41) is 22.1. The van der Waals surface area contributed by atoms with Crippen molar-refractivity contribution in [3.05, 3.63) is 28.7 Å². The molecular weight excluding hydrogens is 334 g/mol. The molecule has 1 saturated heterocycles. The summed E-state index contributed by atoms with van der Waals surface area (Å²) in [6.45, 7) is 7.42. The molecule has 1 fully saturated rings. The van der Waals surface area contributed by atoms with E-state index < -0.39 is 23.5 Å². The van der Waals surface area contributed by atoms with Crippen molar-refractivity contribution in [2.75, 3.05) is 6.61 Å². The lowest BCUT2D eigenvalue weighted by Crippen LogP contribution is -2.39. The monoisotopic (exact) mass is 363 g/mol. The number of unbranched alkanes of at least 4 members (excludes halogenated alkanes) is 1. The number of aliphatic hydroxyl groups excluding tert-OH is 2. The molecule has 26 heavy (non-hydrogen) atoms. The Morgan fingerprint density at radius 3 is 2.81 bits per heavy atom. The summed E-state index contributed by atoms with van der Waals surface area (Å²) in [5.74, 6) is 2.82. The van der Waals surface area contributed by atoms with Crippen molar-refractivity contribution in [2.45, 2.75) is 65.3 Å². The summed E-state index contributed by atoms with van der Waals surface area (Å²) < 4.78 is 5.86. The van der Waals surface area contributed by atoms with E-state index in [1.807, 2.05) is 27.7 Å². The first kappa shape index (κ1) is 20.4. The maximum Gasteiger partial charge on any atom is 0.276 e. The number of hydrogen-bond donors (Lipinski definition) is 4. The second-order valence-electron chi connectivity index (χ2n) is 7.08. The topological polar surface area (TPSA) is 117 Å². The van der Waals surface area contributed by atoms with E-state index in [4.69, 9.17) is 10.5 Å². The molecule has 5 N–H and O–H groups in total. The predicted molar refractivity (Wildman–Crippen MR) is 99.1 cm³/mol. The first-order valence-corrected chi connectivity index (χ1v) is 8.99. The number of aliphatic imine (C=N–C) groups is 1. The molecule has 1 unspecified atom stereocenters. The van der Waals surface area contributed by atoms with Crippen LogP contribution in [0.15, 0.2) is 33.7 Å². The number of rotatable bonds is 6. The molecule has 144 valence electrons. The van der Waals surface area contributed by atoms with E-state index in [0.29, 0.717) is 12.2 Å². The Morgan fingerprint density at radius 2 is 2.23 bits per heavy atom. The van der Waals surface area contributed by atoms with Gasteiger partial charge in [0.2, 0.25) is 0 Å². The standard InChI is InChI=1S/C19H29N3O4/c1-5-6-7-16(20)22-18(25)17-12(3)19(4,11(2)9-21-17)15-8-13(24)14(10-23)26-15/h7,13-15,23-24H,5-6,8,10,20H2,1-4H3,(H,22,25)/b16-7+/t13-,14-,15-,19?/m1/s1. The van der Waals surface area contributed by atoms with Crippen molar-refractivity contribution >= 4 is 11.8 Å². The summed E-state index contributed by atoms with van der Waals surface area (Å²) in [7, 11) is 0. The average molecular weight is 363 g/mol. The van der Waals surface area contributed by atoms with Gasteiger partial charge in [-0.05, 0) is 44.7 Å². The lowest BCUT2D eigenvalue weighted by atomic mass is 9.70. The fraction of sp³-hybridized carbons (Fsp3) is 0.632. The van der Waals surface area contributed by atoms with Crippen LogP contribution in [0.4, 0.5) is 0 Å². The first-order chi connectivity index (χ1) is 12.2. The van der Waals surface area contributed by atoms with Crippen molar-refractivity contribution in [3.8, 4) is 0 Å². The molecular formula is C19H29N3O4. The lowest BCUT2D eigenvalue weighted by Gasteiger charge is -2.38. The summed E-state index contributed by atoms with van der Waals surface area (Å²) in [5.41, 5.74) is 6.98. The Labute approximate surface area is 154 Å². The molecule has 0 saturated carbocycles. The third-order valence-electron chi connectivity index (χ3n) is 5.42. The van der Waals surface area contributed by atoms with E-state index in [9.17, 15) is 15.0 Å². The maximum absolute atomic E-state index is 12.6. The van der Waals surface area contributed by atoms with Crippen molar-refractivity contribution in [3.63, 3.8) is 0 Å². The fourth-order valence-corrected chi connectivity index (χ4v) is 3.38. The predicted octanol–water partition coefficient (Wildman–Crippen LogP) is 1.12.